The first-order chi connectivity index (χ1) is 9.65. The van der Waals surface area contributed by atoms with Crippen molar-refractivity contribution in [2.45, 2.75) is 32.9 Å². The Morgan fingerprint density at radius 3 is 2.75 bits per heavy atom. The molecule has 0 aliphatic carbocycles. The van der Waals surface area contributed by atoms with Gasteiger partial charge >= 0.3 is 0 Å². The Kier molecular flexibility index (Phi) is 5.64. The van der Waals surface area contributed by atoms with Gasteiger partial charge in [-0.05, 0) is 37.6 Å². The molecule has 20 heavy (non-hydrogen) atoms. The maximum Gasteiger partial charge on any atom is 0.0744 e. The van der Waals surface area contributed by atoms with E-state index in [9.17, 15) is 0 Å². The largest absolute Gasteiger partial charge is 0.380 e. The van der Waals surface area contributed by atoms with Gasteiger partial charge in [0.05, 0.1) is 12.6 Å². The maximum atomic E-state index is 5.29. The van der Waals surface area contributed by atoms with E-state index in [0.29, 0.717) is 12.6 Å². The number of rotatable bonds is 6. The number of hydrogen-bond acceptors (Lipinski definition) is 3. The number of methoxy groups -OCH3 is 1. The summed E-state index contributed by atoms with van der Waals surface area (Å²) in [5.41, 5.74) is 2.29. The van der Waals surface area contributed by atoms with Gasteiger partial charge in [0, 0.05) is 32.6 Å². The van der Waals surface area contributed by atoms with Crippen molar-refractivity contribution < 1.29 is 4.74 Å². The van der Waals surface area contributed by atoms with Gasteiger partial charge in [0.15, 0.2) is 0 Å². The van der Waals surface area contributed by atoms with E-state index < -0.39 is 0 Å². The number of ether oxygens (including phenoxy) is 1. The maximum absolute atomic E-state index is 5.29. The third kappa shape index (κ3) is 3.62. The van der Waals surface area contributed by atoms with Crippen LogP contribution < -0.4 is 5.32 Å². The van der Waals surface area contributed by atoms with Gasteiger partial charge in [-0.25, -0.2) is 0 Å². The van der Waals surface area contributed by atoms with Crippen LogP contribution in [0.4, 0.5) is 5.69 Å². The third-order valence-corrected chi connectivity index (χ3v) is 5.39. The van der Waals surface area contributed by atoms with Crippen molar-refractivity contribution in [2.24, 2.45) is 0 Å². The molecular formula is C16H20BrNOS. The molecule has 0 aliphatic heterocycles. The van der Waals surface area contributed by atoms with Crippen molar-refractivity contribution in [1.82, 2.24) is 0 Å². The lowest BCUT2D eigenvalue weighted by Gasteiger charge is -2.18. The van der Waals surface area contributed by atoms with Crippen molar-refractivity contribution in [3.05, 3.63) is 50.1 Å². The van der Waals surface area contributed by atoms with E-state index in [1.165, 1.54) is 9.75 Å². The molecule has 1 aromatic heterocycles. The summed E-state index contributed by atoms with van der Waals surface area (Å²) < 4.78 is 6.37. The Labute approximate surface area is 133 Å². The summed E-state index contributed by atoms with van der Waals surface area (Å²) in [4.78, 5) is 2.80. The molecule has 1 unspecified atom stereocenters. The second kappa shape index (κ2) is 7.25. The summed E-state index contributed by atoms with van der Waals surface area (Å²) >= 11 is 5.47. The van der Waals surface area contributed by atoms with E-state index in [2.05, 4.69) is 53.3 Å². The van der Waals surface area contributed by atoms with E-state index >= 15 is 0 Å². The van der Waals surface area contributed by atoms with Crippen LogP contribution in [0, 0.1) is 0 Å². The standard InChI is InChI=1S/C16H20BrNOS/c1-4-12-8-9-16(20-12)11(2)18-15-7-5-6-14(17)13(15)10-19-3/h5-9,11,18H,4,10H2,1-3H3. The van der Waals surface area contributed by atoms with Gasteiger partial charge in [0.25, 0.3) is 0 Å². The summed E-state index contributed by atoms with van der Waals surface area (Å²) in [6.45, 7) is 4.99. The Morgan fingerprint density at radius 2 is 2.10 bits per heavy atom. The Morgan fingerprint density at radius 1 is 1.30 bits per heavy atom. The molecule has 0 fully saturated rings. The number of anilines is 1. The zero-order chi connectivity index (χ0) is 14.5. The predicted octanol–water partition coefficient (Wildman–Crippen LogP) is 5.39. The van der Waals surface area contributed by atoms with Gasteiger partial charge in [0.2, 0.25) is 0 Å². The minimum atomic E-state index is 0.296. The highest BCUT2D eigenvalue weighted by Crippen LogP contribution is 2.31. The second-order valence-corrected chi connectivity index (χ2v) is 6.78. The molecule has 1 N–H and O–H groups in total. The van der Waals surface area contributed by atoms with Gasteiger partial charge in [-0.1, -0.05) is 28.9 Å². The molecule has 1 atom stereocenters. The lowest BCUT2D eigenvalue weighted by atomic mass is 10.1. The van der Waals surface area contributed by atoms with Crippen LogP contribution in [0.15, 0.2) is 34.8 Å². The monoisotopic (exact) mass is 353 g/mol. The number of halogens is 1. The first-order valence-corrected chi connectivity index (χ1v) is 8.38. The van der Waals surface area contributed by atoms with Crippen LogP contribution in [0.2, 0.25) is 0 Å². The van der Waals surface area contributed by atoms with Crippen LogP contribution in [0.3, 0.4) is 0 Å². The summed E-state index contributed by atoms with van der Waals surface area (Å²) in [5, 5.41) is 3.59. The van der Waals surface area contributed by atoms with Crippen LogP contribution in [0.5, 0.6) is 0 Å². The third-order valence-electron chi connectivity index (χ3n) is 3.24. The molecule has 0 saturated heterocycles. The molecule has 2 rings (SSSR count). The number of thiophene rings is 1. The molecule has 0 aliphatic rings. The number of benzene rings is 1. The molecule has 0 radical (unpaired) electrons. The minimum Gasteiger partial charge on any atom is -0.380 e. The fourth-order valence-corrected chi connectivity index (χ4v) is 3.54. The summed E-state index contributed by atoms with van der Waals surface area (Å²) in [6.07, 6.45) is 1.10. The Bertz CT molecular complexity index is 567. The fourth-order valence-electron chi connectivity index (χ4n) is 2.11. The zero-order valence-corrected chi connectivity index (χ0v) is 14.5. The summed E-state index contributed by atoms with van der Waals surface area (Å²) in [5.74, 6) is 0. The number of nitrogens with one attached hydrogen (secondary N) is 1. The van der Waals surface area contributed by atoms with Gasteiger partial charge in [0.1, 0.15) is 0 Å². The molecule has 4 heteroatoms. The Hall–Kier alpha value is -0.840. The van der Waals surface area contributed by atoms with Crippen LogP contribution in [0.25, 0.3) is 0 Å². The zero-order valence-electron chi connectivity index (χ0n) is 12.1. The predicted molar refractivity (Wildman–Crippen MR) is 90.6 cm³/mol. The van der Waals surface area contributed by atoms with Crippen LogP contribution >= 0.6 is 27.3 Å². The Balaban J connectivity index is 2.18. The summed E-state index contributed by atoms with van der Waals surface area (Å²) in [6, 6.07) is 10.9. The van der Waals surface area contributed by atoms with Crippen molar-refractivity contribution in [3.63, 3.8) is 0 Å². The molecule has 2 aromatic rings. The van der Waals surface area contributed by atoms with Gasteiger partial charge < -0.3 is 10.1 Å². The molecule has 108 valence electrons. The van der Waals surface area contributed by atoms with E-state index in [1.54, 1.807) is 7.11 Å². The van der Waals surface area contributed by atoms with E-state index in [1.807, 2.05) is 23.5 Å². The highest BCUT2D eigenvalue weighted by atomic mass is 79.9. The quantitative estimate of drug-likeness (QED) is 0.751. The van der Waals surface area contributed by atoms with Crippen molar-refractivity contribution in [2.75, 3.05) is 12.4 Å². The molecule has 0 amide bonds. The SMILES string of the molecule is CCc1ccc(C(C)Nc2cccc(Br)c2COC)s1. The summed E-state index contributed by atoms with van der Waals surface area (Å²) in [7, 11) is 1.72. The molecule has 2 nitrogen and oxygen atoms in total. The van der Waals surface area contributed by atoms with E-state index in [0.717, 1.165) is 22.1 Å². The first-order valence-electron chi connectivity index (χ1n) is 6.77. The van der Waals surface area contributed by atoms with Crippen LogP contribution in [0.1, 0.15) is 35.2 Å². The smallest absolute Gasteiger partial charge is 0.0744 e. The average Bonchev–Trinajstić information content (AvgIpc) is 2.91. The molecule has 0 spiro atoms. The van der Waals surface area contributed by atoms with Crippen LogP contribution in [-0.2, 0) is 17.8 Å². The first kappa shape index (κ1) is 15.5. The highest BCUT2D eigenvalue weighted by molar-refractivity contribution is 9.10. The van der Waals surface area contributed by atoms with Crippen LogP contribution in [-0.4, -0.2) is 7.11 Å². The molecule has 1 aromatic carbocycles. The van der Waals surface area contributed by atoms with Crippen molar-refractivity contribution in [3.8, 4) is 0 Å². The fraction of sp³-hybridized carbons (Fsp3) is 0.375. The van der Waals surface area contributed by atoms with Gasteiger partial charge in [-0.3, -0.25) is 0 Å². The number of aryl methyl sites for hydroxylation is 1. The lowest BCUT2D eigenvalue weighted by molar-refractivity contribution is 0.185. The molecule has 1 heterocycles. The minimum absolute atomic E-state index is 0.296. The van der Waals surface area contributed by atoms with Crippen molar-refractivity contribution >= 4 is 33.0 Å². The average molecular weight is 354 g/mol. The van der Waals surface area contributed by atoms with E-state index in [4.69, 9.17) is 4.74 Å². The topological polar surface area (TPSA) is 21.3 Å². The molecular weight excluding hydrogens is 334 g/mol. The van der Waals surface area contributed by atoms with E-state index in [-0.39, 0.29) is 0 Å². The van der Waals surface area contributed by atoms with Gasteiger partial charge in [-0.15, -0.1) is 11.3 Å². The highest BCUT2D eigenvalue weighted by Gasteiger charge is 2.12. The van der Waals surface area contributed by atoms with Gasteiger partial charge in [-0.2, -0.15) is 0 Å². The number of hydrogen-bond donors (Lipinski definition) is 1. The molecule has 0 saturated carbocycles. The lowest BCUT2D eigenvalue weighted by Crippen LogP contribution is -2.07. The van der Waals surface area contributed by atoms with Crippen molar-refractivity contribution in [1.29, 1.82) is 0 Å². The second-order valence-electron chi connectivity index (χ2n) is 4.72. The molecule has 0 bridgehead atoms. The normalized spacial score (nSPS) is 12.4.